The number of carbonyl (C=O) groups excluding carboxylic acids is 3. The minimum Gasteiger partial charge on any atom is -0.548 e. The Morgan fingerprint density at radius 1 is 1.06 bits per heavy atom. The first-order chi connectivity index (χ1) is 7.81. The van der Waals surface area contributed by atoms with E-state index in [0.29, 0.717) is 6.41 Å². The normalized spacial score (nSPS) is 14.2. The van der Waals surface area contributed by atoms with Crippen LogP contribution < -0.4 is 15.7 Å². The smallest absolute Gasteiger partial charge is 0.243 e. The lowest BCUT2D eigenvalue weighted by atomic mass is 10.0. The lowest BCUT2D eigenvalue weighted by Crippen LogP contribution is -2.56. The fraction of sp³-hybridized carbons (Fsp3) is 0.727. The SMILES string of the molecule is CC(C)[C@H](NC(=O)[C@@H](NC=O)C(C)C)C(=O)[O-]. The van der Waals surface area contributed by atoms with Gasteiger partial charge >= 0.3 is 0 Å². The van der Waals surface area contributed by atoms with Crippen LogP contribution >= 0.6 is 0 Å². The second-order valence-electron chi connectivity index (χ2n) is 4.56. The van der Waals surface area contributed by atoms with Gasteiger partial charge in [0, 0.05) is 0 Å². The maximum absolute atomic E-state index is 11.8. The van der Waals surface area contributed by atoms with Crippen molar-refractivity contribution in [3.8, 4) is 0 Å². The van der Waals surface area contributed by atoms with Crippen molar-refractivity contribution in [1.82, 2.24) is 10.6 Å². The van der Waals surface area contributed by atoms with E-state index in [9.17, 15) is 19.5 Å². The van der Waals surface area contributed by atoms with Crippen LogP contribution in [0.15, 0.2) is 0 Å². The molecule has 6 nitrogen and oxygen atoms in total. The van der Waals surface area contributed by atoms with Crippen LogP contribution in [0.5, 0.6) is 0 Å². The van der Waals surface area contributed by atoms with Crippen LogP contribution in [0.25, 0.3) is 0 Å². The number of rotatable bonds is 7. The topological polar surface area (TPSA) is 98.3 Å². The van der Waals surface area contributed by atoms with E-state index in [0.717, 1.165) is 0 Å². The lowest BCUT2D eigenvalue weighted by molar-refractivity contribution is -0.309. The molecule has 0 saturated carbocycles. The summed E-state index contributed by atoms with van der Waals surface area (Å²) < 4.78 is 0. The predicted molar refractivity (Wildman–Crippen MR) is 59.6 cm³/mol. The van der Waals surface area contributed by atoms with E-state index >= 15 is 0 Å². The van der Waals surface area contributed by atoms with Gasteiger partial charge < -0.3 is 20.5 Å². The van der Waals surface area contributed by atoms with Crippen molar-refractivity contribution in [2.75, 3.05) is 0 Å². The van der Waals surface area contributed by atoms with Crippen LogP contribution in [0.1, 0.15) is 27.7 Å². The lowest BCUT2D eigenvalue weighted by Gasteiger charge is -2.27. The van der Waals surface area contributed by atoms with Gasteiger partial charge in [0.1, 0.15) is 6.04 Å². The first kappa shape index (κ1) is 15.4. The van der Waals surface area contributed by atoms with Crippen molar-refractivity contribution >= 4 is 18.3 Å². The number of nitrogens with one attached hydrogen (secondary N) is 2. The largest absolute Gasteiger partial charge is 0.548 e. The van der Waals surface area contributed by atoms with Crippen LogP contribution in [-0.2, 0) is 14.4 Å². The Hall–Kier alpha value is -1.59. The maximum Gasteiger partial charge on any atom is 0.243 e. The third-order valence-electron chi connectivity index (χ3n) is 2.42. The average Bonchev–Trinajstić information content (AvgIpc) is 2.20. The number of aliphatic carboxylic acids is 1. The monoisotopic (exact) mass is 243 g/mol. The van der Waals surface area contributed by atoms with Gasteiger partial charge in [-0.05, 0) is 11.8 Å². The van der Waals surface area contributed by atoms with Gasteiger partial charge in [-0.3, -0.25) is 9.59 Å². The zero-order chi connectivity index (χ0) is 13.6. The molecule has 0 unspecified atom stereocenters. The van der Waals surface area contributed by atoms with Crippen molar-refractivity contribution in [1.29, 1.82) is 0 Å². The van der Waals surface area contributed by atoms with E-state index in [2.05, 4.69) is 10.6 Å². The van der Waals surface area contributed by atoms with E-state index < -0.39 is 24.0 Å². The predicted octanol–water partition coefficient (Wildman–Crippen LogP) is -1.35. The van der Waals surface area contributed by atoms with Crippen molar-refractivity contribution < 1.29 is 19.5 Å². The molecule has 0 saturated heterocycles. The Morgan fingerprint density at radius 2 is 1.53 bits per heavy atom. The van der Waals surface area contributed by atoms with Gasteiger partial charge in [0.25, 0.3) is 0 Å². The molecule has 0 aromatic rings. The van der Waals surface area contributed by atoms with Gasteiger partial charge in [0.15, 0.2) is 0 Å². The third-order valence-corrected chi connectivity index (χ3v) is 2.42. The van der Waals surface area contributed by atoms with E-state index in [4.69, 9.17) is 0 Å². The number of carbonyl (C=O) groups is 3. The van der Waals surface area contributed by atoms with Crippen molar-refractivity contribution in [3.05, 3.63) is 0 Å². The van der Waals surface area contributed by atoms with Crippen LogP contribution in [0.3, 0.4) is 0 Å². The summed E-state index contributed by atoms with van der Waals surface area (Å²) in [5, 5.41) is 15.5. The summed E-state index contributed by atoms with van der Waals surface area (Å²) in [5.41, 5.74) is 0. The third kappa shape index (κ3) is 4.84. The Morgan fingerprint density at radius 3 is 1.82 bits per heavy atom. The number of carboxylic acid groups (broad SMARTS) is 1. The van der Waals surface area contributed by atoms with Crippen molar-refractivity contribution in [2.45, 2.75) is 39.8 Å². The van der Waals surface area contributed by atoms with E-state index in [1.165, 1.54) is 0 Å². The van der Waals surface area contributed by atoms with Gasteiger partial charge in [0.2, 0.25) is 12.3 Å². The van der Waals surface area contributed by atoms with Gasteiger partial charge in [-0.2, -0.15) is 0 Å². The highest BCUT2D eigenvalue weighted by atomic mass is 16.4. The molecule has 6 heteroatoms. The molecule has 0 aliphatic carbocycles. The standard InChI is InChI=1S/C11H20N2O4/c1-6(2)8(12-5-14)10(15)13-9(7(3)4)11(16)17/h5-9H,1-4H3,(H,12,14)(H,13,15)(H,16,17)/p-1/t8-,9-/m0/s1. The molecule has 98 valence electrons. The molecule has 0 aromatic heterocycles. The van der Waals surface area contributed by atoms with Gasteiger partial charge in [-0.1, -0.05) is 27.7 Å². The molecule has 0 rings (SSSR count). The minimum absolute atomic E-state index is 0.130. The summed E-state index contributed by atoms with van der Waals surface area (Å²) in [6.45, 7) is 6.84. The summed E-state index contributed by atoms with van der Waals surface area (Å²) in [6.07, 6.45) is 0.424. The quantitative estimate of drug-likeness (QED) is 0.540. The second kappa shape index (κ2) is 6.88. The number of carboxylic acids is 1. The summed E-state index contributed by atoms with van der Waals surface area (Å²) in [4.78, 5) is 32.9. The number of hydrogen-bond donors (Lipinski definition) is 2. The highest BCUT2D eigenvalue weighted by Crippen LogP contribution is 2.05. The molecule has 2 atom stereocenters. The Labute approximate surface area is 101 Å². The highest BCUT2D eigenvalue weighted by Gasteiger charge is 2.25. The van der Waals surface area contributed by atoms with Crippen LogP contribution in [0.4, 0.5) is 0 Å². The van der Waals surface area contributed by atoms with Gasteiger partial charge in [-0.15, -0.1) is 0 Å². The van der Waals surface area contributed by atoms with E-state index in [1.54, 1.807) is 27.7 Å². The zero-order valence-electron chi connectivity index (χ0n) is 10.5. The molecule has 2 amide bonds. The summed E-state index contributed by atoms with van der Waals surface area (Å²) >= 11 is 0. The molecule has 0 fully saturated rings. The molecule has 17 heavy (non-hydrogen) atoms. The second-order valence-corrected chi connectivity index (χ2v) is 4.56. The van der Waals surface area contributed by atoms with Gasteiger partial charge in [0.05, 0.1) is 12.0 Å². The van der Waals surface area contributed by atoms with Crippen LogP contribution in [-0.4, -0.2) is 30.4 Å². The van der Waals surface area contributed by atoms with Crippen molar-refractivity contribution in [2.24, 2.45) is 11.8 Å². The Bertz CT molecular complexity index is 289. The molecular weight excluding hydrogens is 224 g/mol. The van der Waals surface area contributed by atoms with Gasteiger partial charge in [-0.25, -0.2) is 0 Å². The molecule has 0 spiro atoms. The van der Waals surface area contributed by atoms with Crippen LogP contribution in [0.2, 0.25) is 0 Å². The molecule has 0 aromatic carbocycles. The highest BCUT2D eigenvalue weighted by molar-refractivity contribution is 5.87. The summed E-state index contributed by atoms with van der Waals surface area (Å²) in [5.74, 6) is -2.26. The zero-order valence-corrected chi connectivity index (χ0v) is 10.5. The average molecular weight is 243 g/mol. The van der Waals surface area contributed by atoms with Crippen LogP contribution in [0, 0.1) is 11.8 Å². The summed E-state index contributed by atoms with van der Waals surface area (Å²) in [7, 11) is 0. The maximum atomic E-state index is 11.8. The molecule has 0 radical (unpaired) electrons. The van der Waals surface area contributed by atoms with E-state index in [1.807, 2.05) is 0 Å². The molecule has 0 aliphatic rings. The first-order valence-electron chi connectivity index (χ1n) is 5.52. The molecule has 0 bridgehead atoms. The Balaban J connectivity index is 4.67. The van der Waals surface area contributed by atoms with Crippen molar-refractivity contribution in [3.63, 3.8) is 0 Å². The number of amides is 2. The number of hydrogen-bond acceptors (Lipinski definition) is 4. The minimum atomic E-state index is -1.33. The Kier molecular flexibility index (Phi) is 6.23. The molecular formula is C11H19N2O4-. The molecule has 0 aliphatic heterocycles. The van der Waals surface area contributed by atoms with E-state index in [-0.39, 0.29) is 11.8 Å². The molecule has 2 N–H and O–H groups in total. The fourth-order valence-electron chi connectivity index (χ4n) is 1.38. The fourth-order valence-corrected chi connectivity index (χ4v) is 1.38. The molecule has 0 heterocycles. The summed E-state index contributed by atoms with van der Waals surface area (Å²) in [6, 6.07) is -1.80. The first-order valence-corrected chi connectivity index (χ1v) is 5.52.